The summed E-state index contributed by atoms with van der Waals surface area (Å²) < 4.78 is 1.75. The van der Waals surface area contributed by atoms with Gasteiger partial charge in [-0.05, 0) is 12.8 Å². The minimum absolute atomic E-state index is 0. The maximum atomic E-state index is 9.37. The SMILES string of the molecule is Cl.Cl.Cn1cc(C(N)C2(CO)CCC2)cn1. The molecule has 3 N–H and O–H groups in total. The van der Waals surface area contributed by atoms with Crippen LogP contribution in [0.3, 0.4) is 0 Å². The number of aromatic nitrogens is 2. The number of rotatable bonds is 3. The fourth-order valence-corrected chi connectivity index (χ4v) is 2.15. The van der Waals surface area contributed by atoms with Crippen molar-refractivity contribution < 1.29 is 5.11 Å². The van der Waals surface area contributed by atoms with Crippen LogP contribution in [0.4, 0.5) is 0 Å². The summed E-state index contributed by atoms with van der Waals surface area (Å²) in [6.07, 6.45) is 6.95. The van der Waals surface area contributed by atoms with E-state index in [0.29, 0.717) is 0 Å². The lowest BCUT2D eigenvalue weighted by molar-refractivity contribution is 0.0184. The topological polar surface area (TPSA) is 64.1 Å². The standard InChI is InChI=1S/C10H17N3O.2ClH/c1-13-6-8(5-12-13)9(11)10(7-14)3-2-4-10;;/h5-6,9,14H,2-4,7,11H2,1H3;2*1H. The number of aliphatic hydroxyl groups is 1. The summed E-state index contributed by atoms with van der Waals surface area (Å²) >= 11 is 0. The molecule has 16 heavy (non-hydrogen) atoms. The van der Waals surface area contributed by atoms with Gasteiger partial charge in [0.2, 0.25) is 0 Å². The molecule has 0 aromatic carbocycles. The quantitative estimate of drug-likeness (QED) is 0.871. The van der Waals surface area contributed by atoms with Crippen molar-refractivity contribution in [1.29, 1.82) is 0 Å². The summed E-state index contributed by atoms with van der Waals surface area (Å²) in [4.78, 5) is 0. The minimum atomic E-state index is -0.0803. The van der Waals surface area contributed by atoms with Crippen LogP contribution in [-0.4, -0.2) is 21.5 Å². The van der Waals surface area contributed by atoms with Gasteiger partial charge in [0.1, 0.15) is 0 Å². The number of halogens is 2. The molecule has 0 aliphatic heterocycles. The third-order valence-electron chi connectivity index (χ3n) is 3.41. The second kappa shape index (κ2) is 5.87. The summed E-state index contributed by atoms with van der Waals surface area (Å²) in [5, 5.41) is 13.5. The molecular weight excluding hydrogens is 249 g/mol. The van der Waals surface area contributed by atoms with Crippen LogP contribution < -0.4 is 5.73 Å². The molecule has 0 radical (unpaired) electrons. The summed E-state index contributed by atoms with van der Waals surface area (Å²) in [7, 11) is 1.88. The lowest BCUT2D eigenvalue weighted by Gasteiger charge is -2.44. The summed E-state index contributed by atoms with van der Waals surface area (Å²) in [5.74, 6) is 0. The smallest absolute Gasteiger partial charge is 0.0537 e. The molecule has 1 aliphatic carbocycles. The van der Waals surface area contributed by atoms with Crippen LogP contribution in [0.5, 0.6) is 0 Å². The van der Waals surface area contributed by atoms with Gasteiger partial charge in [0.25, 0.3) is 0 Å². The van der Waals surface area contributed by atoms with Gasteiger partial charge in [-0.3, -0.25) is 4.68 Å². The Balaban J connectivity index is 0.00000112. The first kappa shape index (κ1) is 15.7. The van der Waals surface area contributed by atoms with E-state index >= 15 is 0 Å². The highest BCUT2D eigenvalue weighted by Crippen LogP contribution is 2.48. The van der Waals surface area contributed by atoms with E-state index < -0.39 is 0 Å². The van der Waals surface area contributed by atoms with Gasteiger partial charge in [-0.25, -0.2) is 0 Å². The Kier molecular flexibility index (Phi) is 5.76. The largest absolute Gasteiger partial charge is 0.396 e. The molecule has 1 aromatic rings. The summed E-state index contributed by atoms with van der Waals surface area (Å²) in [5.41, 5.74) is 7.09. The first-order valence-electron chi connectivity index (χ1n) is 5.03. The fourth-order valence-electron chi connectivity index (χ4n) is 2.15. The molecule has 6 heteroatoms. The van der Waals surface area contributed by atoms with E-state index in [1.165, 1.54) is 6.42 Å². The molecule has 2 rings (SSSR count). The second-order valence-electron chi connectivity index (χ2n) is 4.30. The van der Waals surface area contributed by atoms with Gasteiger partial charge in [0.15, 0.2) is 0 Å². The molecule has 1 saturated carbocycles. The molecule has 0 spiro atoms. The average Bonchev–Trinajstić information content (AvgIpc) is 2.50. The molecule has 0 bridgehead atoms. The van der Waals surface area contributed by atoms with Crippen molar-refractivity contribution in [3.8, 4) is 0 Å². The Labute approximate surface area is 108 Å². The van der Waals surface area contributed by atoms with E-state index in [1.807, 2.05) is 13.2 Å². The van der Waals surface area contributed by atoms with Crippen molar-refractivity contribution in [2.75, 3.05) is 6.61 Å². The zero-order chi connectivity index (χ0) is 10.2. The average molecular weight is 268 g/mol. The number of nitrogens with two attached hydrogens (primary N) is 1. The predicted octanol–water partition coefficient (Wildman–Crippen LogP) is 1.43. The summed E-state index contributed by atoms with van der Waals surface area (Å²) in [6.45, 7) is 0.184. The maximum absolute atomic E-state index is 9.37. The van der Waals surface area contributed by atoms with Gasteiger partial charge in [0.05, 0.1) is 12.8 Å². The lowest BCUT2D eigenvalue weighted by atomic mass is 9.63. The van der Waals surface area contributed by atoms with E-state index in [1.54, 1.807) is 10.9 Å². The minimum Gasteiger partial charge on any atom is -0.396 e. The number of hydrogen-bond donors (Lipinski definition) is 2. The Morgan fingerprint density at radius 1 is 1.56 bits per heavy atom. The van der Waals surface area contributed by atoms with E-state index in [2.05, 4.69) is 5.10 Å². The Morgan fingerprint density at radius 3 is 2.50 bits per heavy atom. The normalized spacial score (nSPS) is 18.9. The first-order chi connectivity index (χ1) is 6.68. The van der Waals surface area contributed by atoms with Crippen LogP contribution >= 0.6 is 24.8 Å². The van der Waals surface area contributed by atoms with Crippen molar-refractivity contribution in [1.82, 2.24) is 9.78 Å². The molecule has 4 nitrogen and oxygen atoms in total. The molecule has 1 heterocycles. The van der Waals surface area contributed by atoms with Crippen LogP contribution in [0.25, 0.3) is 0 Å². The van der Waals surface area contributed by atoms with E-state index in [9.17, 15) is 5.11 Å². The number of hydrogen-bond acceptors (Lipinski definition) is 3. The first-order valence-corrected chi connectivity index (χ1v) is 5.03. The molecule has 1 aromatic heterocycles. The lowest BCUT2D eigenvalue weighted by Crippen LogP contribution is -2.43. The van der Waals surface area contributed by atoms with Crippen molar-refractivity contribution in [3.05, 3.63) is 18.0 Å². The molecule has 1 atom stereocenters. The highest BCUT2D eigenvalue weighted by atomic mass is 35.5. The van der Waals surface area contributed by atoms with Gasteiger partial charge >= 0.3 is 0 Å². The fraction of sp³-hybridized carbons (Fsp3) is 0.700. The van der Waals surface area contributed by atoms with Crippen molar-refractivity contribution >= 4 is 24.8 Å². The Morgan fingerprint density at radius 2 is 2.19 bits per heavy atom. The molecule has 0 saturated heterocycles. The molecule has 0 amide bonds. The highest BCUT2D eigenvalue weighted by Gasteiger charge is 2.42. The maximum Gasteiger partial charge on any atom is 0.0537 e. The molecule has 1 unspecified atom stereocenters. The van der Waals surface area contributed by atoms with Crippen molar-refractivity contribution in [2.24, 2.45) is 18.2 Å². The predicted molar refractivity (Wildman–Crippen MR) is 68.0 cm³/mol. The Hall–Kier alpha value is -0.290. The van der Waals surface area contributed by atoms with Crippen LogP contribution in [0, 0.1) is 5.41 Å². The number of aryl methyl sites for hydroxylation is 1. The zero-order valence-corrected chi connectivity index (χ0v) is 10.9. The monoisotopic (exact) mass is 267 g/mol. The molecular formula is C10H19Cl2N3O. The highest BCUT2D eigenvalue weighted by molar-refractivity contribution is 5.85. The van der Waals surface area contributed by atoms with Gasteiger partial charge in [-0.2, -0.15) is 5.10 Å². The van der Waals surface area contributed by atoms with Gasteiger partial charge in [-0.15, -0.1) is 24.8 Å². The third kappa shape index (κ3) is 2.51. The van der Waals surface area contributed by atoms with Crippen molar-refractivity contribution in [2.45, 2.75) is 25.3 Å². The van der Waals surface area contributed by atoms with E-state index in [0.717, 1.165) is 18.4 Å². The van der Waals surface area contributed by atoms with Crippen molar-refractivity contribution in [3.63, 3.8) is 0 Å². The second-order valence-corrected chi connectivity index (χ2v) is 4.30. The van der Waals surface area contributed by atoms with Crippen LogP contribution in [0.15, 0.2) is 12.4 Å². The molecule has 94 valence electrons. The van der Waals surface area contributed by atoms with Gasteiger partial charge < -0.3 is 10.8 Å². The number of nitrogens with zero attached hydrogens (tertiary/aromatic N) is 2. The van der Waals surface area contributed by atoms with E-state index in [-0.39, 0.29) is 42.9 Å². The van der Waals surface area contributed by atoms with Gasteiger partial charge in [0, 0.05) is 30.3 Å². The summed E-state index contributed by atoms with van der Waals surface area (Å²) in [6, 6.07) is -0.0741. The molecule has 1 aliphatic rings. The number of aliphatic hydroxyl groups excluding tert-OH is 1. The zero-order valence-electron chi connectivity index (χ0n) is 9.30. The third-order valence-corrected chi connectivity index (χ3v) is 3.41. The van der Waals surface area contributed by atoms with Gasteiger partial charge in [-0.1, -0.05) is 6.42 Å². The Bertz CT molecular complexity index is 320. The van der Waals surface area contributed by atoms with E-state index in [4.69, 9.17) is 5.73 Å². The van der Waals surface area contributed by atoms with Crippen LogP contribution in [0.2, 0.25) is 0 Å². The molecule has 1 fully saturated rings. The van der Waals surface area contributed by atoms with Crippen LogP contribution in [0.1, 0.15) is 30.9 Å². The van der Waals surface area contributed by atoms with Crippen LogP contribution in [-0.2, 0) is 7.05 Å².